The largest absolute Gasteiger partial charge is 0.265 e. The maximum Gasteiger partial charge on any atom is 0.209 e. The Morgan fingerprint density at radius 2 is 2.33 bits per heavy atom. The molecule has 0 N–H and O–H groups in total. The predicted octanol–water partition coefficient (Wildman–Crippen LogP) is 2.48. The molecule has 1 fully saturated rings. The fourth-order valence-corrected chi connectivity index (χ4v) is 2.35. The van der Waals surface area contributed by atoms with Gasteiger partial charge in [-0.1, -0.05) is 13.8 Å². The molecule has 70 valence electrons. The normalized spacial score (nSPS) is 35.3. The first-order chi connectivity index (χ1) is 5.58. The molecule has 3 nitrogen and oxygen atoms in total. The molecule has 0 aromatic heterocycles. The van der Waals surface area contributed by atoms with Gasteiger partial charge >= 0.3 is 0 Å². The van der Waals surface area contributed by atoms with E-state index in [0.29, 0.717) is 5.92 Å². The quantitative estimate of drug-likeness (QED) is 0.483. The Balaban J connectivity index is 2.58. The summed E-state index contributed by atoms with van der Waals surface area (Å²) in [6.07, 6.45) is 4.22. The second-order valence-corrected chi connectivity index (χ2v) is 4.19. The SMILES string of the molecule is CCC1(C[N+](=O)[O-])CCC(C)C1. The summed E-state index contributed by atoms with van der Waals surface area (Å²) >= 11 is 0. The van der Waals surface area contributed by atoms with Crippen molar-refractivity contribution in [3.8, 4) is 0 Å². The summed E-state index contributed by atoms with van der Waals surface area (Å²) in [5.41, 5.74) is 0.0307. The molecule has 0 spiro atoms. The van der Waals surface area contributed by atoms with Gasteiger partial charge in [0.15, 0.2) is 0 Å². The van der Waals surface area contributed by atoms with Crippen molar-refractivity contribution in [2.45, 2.75) is 39.5 Å². The van der Waals surface area contributed by atoms with E-state index in [-0.39, 0.29) is 16.9 Å². The van der Waals surface area contributed by atoms with Gasteiger partial charge < -0.3 is 0 Å². The van der Waals surface area contributed by atoms with Gasteiger partial charge in [-0.15, -0.1) is 0 Å². The Bertz CT molecular complexity index is 181. The topological polar surface area (TPSA) is 43.1 Å². The summed E-state index contributed by atoms with van der Waals surface area (Å²) in [5, 5.41) is 10.4. The number of hydrogen-bond donors (Lipinski definition) is 0. The van der Waals surface area contributed by atoms with Gasteiger partial charge in [-0.25, -0.2) is 0 Å². The molecule has 1 rings (SSSR count). The molecular formula is C9H17NO2. The average molecular weight is 171 g/mol. The van der Waals surface area contributed by atoms with E-state index in [0.717, 1.165) is 19.3 Å². The van der Waals surface area contributed by atoms with Crippen LogP contribution in [0.4, 0.5) is 0 Å². The molecule has 0 radical (unpaired) electrons. The number of nitrogens with zero attached hydrogens (tertiary/aromatic N) is 1. The standard InChI is InChI=1S/C9H17NO2/c1-3-9(7-10(11)12)5-4-8(2)6-9/h8H,3-7H2,1-2H3. The van der Waals surface area contributed by atoms with Crippen LogP contribution in [-0.2, 0) is 0 Å². The molecule has 0 aliphatic heterocycles. The molecular weight excluding hydrogens is 154 g/mol. The summed E-state index contributed by atoms with van der Waals surface area (Å²) in [4.78, 5) is 10.3. The Kier molecular flexibility index (Phi) is 2.70. The minimum Gasteiger partial charge on any atom is -0.265 e. The third kappa shape index (κ3) is 1.96. The van der Waals surface area contributed by atoms with E-state index in [1.807, 2.05) is 0 Å². The molecule has 0 heterocycles. The number of hydrogen-bond acceptors (Lipinski definition) is 2. The van der Waals surface area contributed by atoms with Crippen molar-refractivity contribution in [1.82, 2.24) is 0 Å². The third-order valence-electron chi connectivity index (χ3n) is 3.16. The van der Waals surface area contributed by atoms with Crippen LogP contribution >= 0.6 is 0 Å². The highest BCUT2D eigenvalue weighted by Gasteiger charge is 2.39. The monoisotopic (exact) mass is 171 g/mol. The van der Waals surface area contributed by atoms with Crippen molar-refractivity contribution in [2.24, 2.45) is 11.3 Å². The summed E-state index contributed by atoms with van der Waals surface area (Å²) in [6, 6.07) is 0. The van der Waals surface area contributed by atoms with Gasteiger partial charge in [0.05, 0.1) is 0 Å². The lowest BCUT2D eigenvalue weighted by molar-refractivity contribution is -0.497. The lowest BCUT2D eigenvalue weighted by Crippen LogP contribution is -2.26. The van der Waals surface area contributed by atoms with Crippen LogP contribution in [0.25, 0.3) is 0 Å². The lowest BCUT2D eigenvalue weighted by Gasteiger charge is -2.22. The molecule has 12 heavy (non-hydrogen) atoms. The molecule has 2 unspecified atom stereocenters. The van der Waals surface area contributed by atoms with Gasteiger partial charge in [0.25, 0.3) is 0 Å². The highest BCUT2D eigenvalue weighted by molar-refractivity contribution is 4.86. The average Bonchev–Trinajstić information content (AvgIpc) is 2.32. The van der Waals surface area contributed by atoms with E-state index in [4.69, 9.17) is 0 Å². The highest BCUT2D eigenvalue weighted by atomic mass is 16.6. The van der Waals surface area contributed by atoms with Gasteiger partial charge in [-0.3, -0.25) is 10.1 Å². The first kappa shape index (κ1) is 9.49. The first-order valence-corrected chi connectivity index (χ1v) is 4.70. The van der Waals surface area contributed by atoms with E-state index in [2.05, 4.69) is 13.8 Å². The van der Waals surface area contributed by atoms with Crippen LogP contribution in [0.3, 0.4) is 0 Å². The molecule has 0 amide bonds. The molecule has 2 atom stereocenters. The Morgan fingerprint density at radius 1 is 1.67 bits per heavy atom. The van der Waals surface area contributed by atoms with E-state index in [1.165, 1.54) is 6.42 Å². The van der Waals surface area contributed by atoms with Crippen molar-refractivity contribution < 1.29 is 4.92 Å². The zero-order valence-electron chi connectivity index (χ0n) is 7.88. The number of rotatable bonds is 3. The van der Waals surface area contributed by atoms with E-state index in [1.54, 1.807) is 0 Å². The molecule has 3 heteroatoms. The van der Waals surface area contributed by atoms with Crippen molar-refractivity contribution in [2.75, 3.05) is 6.54 Å². The van der Waals surface area contributed by atoms with Gasteiger partial charge in [0.1, 0.15) is 0 Å². The second kappa shape index (κ2) is 3.42. The van der Waals surface area contributed by atoms with Crippen LogP contribution in [0.15, 0.2) is 0 Å². The summed E-state index contributed by atoms with van der Waals surface area (Å²) < 4.78 is 0. The molecule has 1 aliphatic carbocycles. The summed E-state index contributed by atoms with van der Waals surface area (Å²) in [6.45, 7) is 4.44. The van der Waals surface area contributed by atoms with Crippen molar-refractivity contribution in [1.29, 1.82) is 0 Å². The van der Waals surface area contributed by atoms with E-state index < -0.39 is 0 Å². The van der Waals surface area contributed by atoms with Crippen molar-refractivity contribution in [3.63, 3.8) is 0 Å². The molecule has 0 aromatic rings. The van der Waals surface area contributed by atoms with Crippen LogP contribution in [0.1, 0.15) is 39.5 Å². The fourth-order valence-electron chi connectivity index (χ4n) is 2.35. The second-order valence-electron chi connectivity index (χ2n) is 4.19. The first-order valence-electron chi connectivity index (χ1n) is 4.70. The molecule has 1 aliphatic rings. The number of nitro groups is 1. The third-order valence-corrected chi connectivity index (χ3v) is 3.16. The molecule has 0 bridgehead atoms. The van der Waals surface area contributed by atoms with Crippen LogP contribution in [0, 0.1) is 21.4 Å². The molecule has 0 saturated heterocycles. The van der Waals surface area contributed by atoms with Gasteiger partial charge in [-0.05, 0) is 31.6 Å². The smallest absolute Gasteiger partial charge is 0.209 e. The fraction of sp³-hybridized carbons (Fsp3) is 1.00. The van der Waals surface area contributed by atoms with Crippen LogP contribution in [0.2, 0.25) is 0 Å². The Morgan fingerprint density at radius 3 is 2.67 bits per heavy atom. The van der Waals surface area contributed by atoms with Gasteiger partial charge in [0, 0.05) is 10.3 Å². The van der Waals surface area contributed by atoms with Crippen LogP contribution in [0.5, 0.6) is 0 Å². The maximum absolute atomic E-state index is 10.4. The Hall–Kier alpha value is -0.600. The molecule has 1 saturated carbocycles. The van der Waals surface area contributed by atoms with Crippen molar-refractivity contribution in [3.05, 3.63) is 10.1 Å². The van der Waals surface area contributed by atoms with E-state index >= 15 is 0 Å². The lowest BCUT2D eigenvalue weighted by atomic mass is 9.83. The minimum atomic E-state index is -0.151. The van der Waals surface area contributed by atoms with Crippen LogP contribution < -0.4 is 0 Å². The highest BCUT2D eigenvalue weighted by Crippen LogP contribution is 2.44. The van der Waals surface area contributed by atoms with E-state index in [9.17, 15) is 10.1 Å². The Labute approximate surface area is 73.3 Å². The zero-order valence-corrected chi connectivity index (χ0v) is 7.88. The molecule has 0 aromatic carbocycles. The predicted molar refractivity (Wildman–Crippen MR) is 47.6 cm³/mol. The van der Waals surface area contributed by atoms with Crippen molar-refractivity contribution >= 4 is 0 Å². The van der Waals surface area contributed by atoms with Crippen LogP contribution in [-0.4, -0.2) is 11.5 Å². The zero-order chi connectivity index (χ0) is 9.19. The summed E-state index contributed by atoms with van der Waals surface area (Å²) in [5.74, 6) is 0.685. The van der Waals surface area contributed by atoms with Gasteiger partial charge in [0.2, 0.25) is 6.54 Å². The maximum atomic E-state index is 10.4. The summed E-state index contributed by atoms with van der Waals surface area (Å²) in [7, 11) is 0. The minimum absolute atomic E-state index is 0.0307. The van der Waals surface area contributed by atoms with Gasteiger partial charge in [-0.2, -0.15) is 0 Å².